The van der Waals surface area contributed by atoms with Gasteiger partial charge in [0.2, 0.25) is 0 Å². The fraction of sp³-hybridized carbons (Fsp3) is 0.727. The Hall–Kier alpha value is -1.63. The highest BCUT2D eigenvalue weighted by molar-refractivity contribution is 5.80. The molecular formula is C11H16O7. The zero-order valence-corrected chi connectivity index (χ0v) is 10.2. The van der Waals surface area contributed by atoms with Crippen LogP contribution in [0, 0.1) is 11.8 Å². The first-order valence-corrected chi connectivity index (χ1v) is 5.52. The van der Waals surface area contributed by atoms with Crippen LogP contribution in [0.3, 0.4) is 0 Å². The first-order valence-electron chi connectivity index (χ1n) is 5.52. The Bertz CT molecular complexity index is 351. The zero-order chi connectivity index (χ0) is 13.9. The van der Waals surface area contributed by atoms with E-state index in [1.54, 1.807) is 0 Å². The summed E-state index contributed by atoms with van der Waals surface area (Å²) < 4.78 is 10.1. The number of rotatable bonds is 4. The average Bonchev–Trinajstić information content (AvgIpc) is 2.27. The summed E-state index contributed by atoms with van der Waals surface area (Å²) in [7, 11) is 1.38. The van der Waals surface area contributed by atoms with Crippen molar-refractivity contribution < 1.29 is 34.1 Å². The van der Waals surface area contributed by atoms with Gasteiger partial charge in [-0.25, -0.2) is 0 Å². The molecule has 0 amide bonds. The van der Waals surface area contributed by atoms with E-state index in [4.69, 9.17) is 19.7 Å². The molecule has 102 valence electrons. The molecule has 1 fully saturated rings. The average molecular weight is 260 g/mol. The van der Waals surface area contributed by atoms with E-state index in [9.17, 15) is 14.4 Å². The standard InChI is InChI=1S/C11H16O7/c1-5(12)18-9-4-7(11(15)16)6(10(13)14)3-8(9)17-2/h6-9H,3-4H2,1-2H3,(H,13,14)(H,15,16)/t6-,7-,8-,9-/m1/s1. The van der Waals surface area contributed by atoms with Crippen LogP contribution in [-0.4, -0.2) is 47.4 Å². The molecule has 0 heterocycles. The highest BCUT2D eigenvalue weighted by atomic mass is 16.6. The van der Waals surface area contributed by atoms with Gasteiger partial charge in [-0.3, -0.25) is 14.4 Å². The monoisotopic (exact) mass is 260 g/mol. The first-order chi connectivity index (χ1) is 8.36. The predicted octanol–water partition coefficient (Wildman–Crippen LogP) is 0.128. The molecule has 0 bridgehead atoms. The molecule has 7 heteroatoms. The van der Waals surface area contributed by atoms with Crippen LogP contribution >= 0.6 is 0 Å². The van der Waals surface area contributed by atoms with E-state index in [-0.39, 0.29) is 12.8 Å². The van der Waals surface area contributed by atoms with Crippen molar-refractivity contribution in [1.82, 2.24) is 0 Å². The van der Waals surface area contributed by atoms with Crippen molar-refractivity contribution in [3.05, 3.63) is 0 Å². The highest BCUT2D eigenvalue weighted by Gasteiger charge is 2.45. The van der Waals surface area contributed by atoms with Crippen molar-refractivity contribution in [2.24, 2.45) is 11.8 Å². The summed E-state index contributed by atoms with van der Waals surface area (Å²) in [5, 5.41) is 18.0. The second-order valence-electron chi connectivity index (χ2n) is 4.28. The summed E-state index contributed by atoms with van der Waals surface area (Å²) in [6, 6.07) is 0. The van der Waals surface area contributed by atoms with Crippen LogP contribution in [0.15, 0.2) is 0 Å². The second kappa shape index (κ2) is 5.81. The third-order valence-electron chi connectivity index (χ3n) is 3.13. The molecule has 0 spiro atoms. The highest BCUT2D eigenvalue weighted by Crippen LogP contribution is 2.34. The molecule has 1 saturated carbocycles. The smallest absolute Gasteiger partial charge is 0.307 e. The van der Waals surface area contributed by atoms with Gasteiger partial charge in [0.25, 0.3) is 0 Å². The number of ether oxygens (including phenoxy) is 2. The minimum atomic E-state index is -1.20. The largest absolute Gasteiger partial charge is 0.481 e. The van der Waals surface area contributed by atoms with E-state index in [0.717, 1.165) is 0 Å². The molecule has 7 nitrogen and oxygen atoms in total. The molecule has 0 radical (unpaired) electrons. The van der Waals surface area contributed by atoms with E-state index in [1.165, 1.54) is 14.0 Å². The van der Waals surface area contributed by atoms with Gasteiger partial charge in [0.1, 0.15) is 6.10 Å². The number of aliphatic carboxylic acids is 2. The summed E-state index contributed by atoms with van der Waals surface area (Å²) in [5.41, 5.74) is 0. The molecule has 1 aliphatic rings. The maximum absolute atomic E-state index is 11.1. The molecule has 0 aliphatic heterocycles. The molecule has 0 aromatic carbocycles. The van der Waals surface area contributed by atoms with Crippen LogP contribution in [0.4, 0.5) is 0 Å². The van der Waals surface area contributed by atoms with Crippen LogP contribution in [0.1, 0.15) is 19.8 Å². The summed E-state index contributed by atoms with van der Waals surface area (Å²) in [5.74, 6) is -5.02. The molecule has 0 saturated heterocycles. The number of methoxy groups -OCH3 is 1. The van der Waals surface area contributed by atoms with Gasteiger partial charge in [0.15, 0.2) is 0 Å². The van der Waals surface area contributed by atoms with E-state index in [2.05, 4.69) is 0 Å². The lowest BCUT2D eigenvalue weighted by atomic mass is 9.76. The van der Waals surface area contributed by atoms with Crippen molar-refractivity contribution in [3.8, 4) is 0 Å². The maximum Gasteiger partial charge on any atom is 0.307 e. The van der Waals surface area contributed by atoms with Gasteiger partial charge in [0.05, 0.1) is 17.9 Å². The fourth-order valence-electron chi connectivity index (χ4n) is 2.26. The van der Waals surface area contributed by atoms with E-state index in [1.807, 2.05) is 0 Å². The molecule has 1 rings (SSSR count). The van der Waals surface area contributed by atoms with Gasteiger partial charge in [-0.05, 0) is 6.42 Å². The van der Waals surface area contributed by atoms with Crippen LogP contribution < -0.4 is 0 Å². The molecule has 4 atom stereocenters. The van der Waals surface area contributed by atoms with Crippen molar-refractivity contribution in [2.45, 2.75) is 32.0 Å². The third kappa shape index (κ3) is 3.19. The maximum atomic E-state index is 11.1. The number of hydrogen-bond acceptors (Lipinski definition) is 5. The third-order valence-corrected chi connectivity index (χ3v) is 3.13. The van der Waals surface area contributed by atoms with Crippen molar-refractivity contribution in [1.29, 1.82) is 0 Å². The number of esters is 1. The number of hydrogen-bond donors (Lipinski definition) is 2. The molecule has 0 unspecified atom stereocenters. The summed E-state index contributed by atoms with van der Waals surface area (Å²) >= 11 is 0. The topological polar surface area (TPSA) is 110 Å². The molecule has 18 heavy (non-hydrogen) atoms. The van der Waals surface area contributed by atoms with Gasteiger partial charge in [-0.15, -0.1) is 0 Å². The Balaban J connectivity index is 2.88. The van der Waals surface area contributed by atoms with Crippen LogP contribution in [0.5, 0.6) is 0 Å². The van der Waals surface area contributed by atoms with E-state index in [0.29, 0.717) is 0 Å². The normalized spacial score (nSPS) is 31.7. The number of carbonyl (C=O) groups is 3. The Morgan fingerprint density at radius 2 is 1.44 bits per heavy atom. The van der Waals surface area contributed by atoms with E-state index >= 15 is 0 Å². The van der Waals surface area contributed by atoms with Crippen molar-refractivity contribution >= 4 is 17.9 Å². The lowest BCUT2D eigenvalue weighted by Crippen LogP contribution is -2.47. The minimum Gasteiger partial charge on any atom is -0.481 e. The predicted molar refractivity (Wildman–Crippen MR) is 57.8 cm³/mol. The Morgan fingerprint density at radius 3 is 1.78 bits per heavy atom. The summed E-state index contributed by atoms with van der Waals surface area (Å²) in [4.78, 5) is 33.0. The summed E-state index contributed by atoms with van der Waals surface area (Å²) in [6.07, 6.45) is -1.35. The summed E-state index contributed by atoms with van der Waals surface area (Å²) in [6.45, 7) is 1.21. The quantitative estimate of drug-likeness (QED) is 0.691. The Kier molecular flexibility index (Phi) is 4.66. The Morgan fingerprint density at radius 1 is 1.00 bits per heavy atom. The lowest BCUT2D eigenvalue weighted by molar-refractivity contribution is -0.173. The van der Waals surface area contributed by atoms with Gasteiger partial charge in [-0.2, -0.15) is 0 Å². The first kappa shape index (κ1) is 14.4. The molecule has 0 aromatic rings. The zero-order valence-electron chi connectivity index (χ0n) is 10.2. The van der Waals surface area contributed by atoms with Gasteiger partial charge in [0, 0.05) is 20.5 Å². The molecule has 2 N–H and O–H groups in total. The number of carboxylic acids is 2. The van der Waals surface area contributed by atoms with Crippen molar-refractivity contribution in [2.75, 3.05) is 7.11 Å². The van der Waals surface area contributed by atoms with E-state index < -0.39 is 42.0 Å². The number of carbonyl (C=O) groups excluding carboxylic acids is 1. The van der Waals surface area contributed by atoms with Crippen LogP contribution in [0.25, 0.3) is 0 Å². The fourth-order valence-corrected chi connectivity index (χ4v) is 2.26. The minimum absolute atomic E-state index is 0.0146. The number of carboxylic acid groups (broad SMARTS) is 2. The van der Waals surface area contributed by atoms with Gasteiger partial charge >= 0.3 is 17.9 Å². The van der Waals surface area contributed by atoms with Gasteiger partial charge < -0.3 is 19.7 Å². The lowest BCUT2D eigenvalue weighted by Gasteiger charge is -2.36. The SMILES string of the molecule is CO[C@@H]1C[C@@H](C(=O)O)[C@H](C(=O)O)C[C@H]1OC(C)=O. The Labute approximate surface area is 104 Å². The van der Waals surface area contributed by atoms with Gasteiger partial charge in [-0.1, -0.05) is 0 Å². The van der Waals surface area contributed by atoms with Crippen molar-refractivity contribution in [3.63, 3.8) is 0 Å². The molecule has 0 aromatic heterocycles. The second-order valence-corrected chi connectivity index (χ2v) is 4.28. The molecule has 1 aliphatic carbocycles. The molecular weight excluding hydrogens is 244 g/mol. The van der Waals surface area contributed by atoms with Crippen LogP contribution in [0.2, 0.25) is 0 Å². The van der Waals surface area contributed by atoms with Crippen LogP contribution in [-0.2, 0) is 23.9 Å².